The summed E-state index contributed by atoms with van der Waals surface area (Å²) in [7, 11) is 4.05. The molecular formula is C17H21N3. The van der Waals surface area contributed by atoms with Gasteiger partial charge in [-0.05, 0) is 67.8 Å². The molecule has 0 aromatic heterocycles. The molecule has 3 nitrogen and oxygen atoms in total. The summed E-state index contributed by atoms with van der Waals surface area (Å²) in [6.07, 6.45) is 0. The van der Waals surface area contributed by atoms with Crippen molar-refractivity contribution >= 4 is 17.1 Å². The van der Waals surface area contributed by atoms with E-state index in [4.69, 9.17) is 0 Å². The number of aryl methyl sites for hydroxylation is 1. The lowest BCUT2D eigenvalue weighted by Crippen LogP contribution is -2.07. The van der Waals surface area contributed by atoms with Gasteiger partial charge in [0.2, 0.25) is 0 Å². The molecule has 104 valence electrons. The molecular weight excluding hydrogens is 246 g/mol. The summed E-state index contributed by atoms with van der Waals surface area (Å²) in [5, 5.41) is 8.68. The van der Waals surface area contributed by atoms with Crippen LogP contribution in [0.25, 0.3) is 0 Å². The summed E-state index contributed by atoms with van der Waals surface area (Å²) in [5.74, 6) is 0. The Morgan fingerprint density at radius 3 is 2.00 bits per heavy atom. The summed E-state index contributed by atoms with van der Waals surface area (Å²) >= 11 is 0. The van der Waals surface area contributed by atoms with Crippen LogP contribution >= 0.6 is 0 Å². The average Bonchev–Trinajstić information content (AvgIpc) is 2.44. The molecule has 0 spiro atoms. The van der Waals surface area contributed by atoms with E-state index in [1.54, 1.807) is 0 Å². The van der Waals surface area contributed by atoms with Crippen LogP contribution in [-0.2, 0) is 0 Å². The van der Waals surface area contributed by atoms with Gasteiger partial charge in [0.05, 0.1) is 11.4 Å². The minimum Gasteiger partial charge on any atom is -0.378 e. The number of rotatable bonds is 3. The van der Waals surface area contributed by atoms with Crippen molar-refractivity contribution in [2.24, 2.45) is 10.2 Å². The number of benzene rings is 2. The van der Waals surface area contributed by atoms with Crippen molar-refractivity contribution in [3.05, 3.63) is 53.1 Å². The SMILES string of the molecule is Cc1ccc(N=Nc2ccc(N(C)C)cc2)c(C)c1C. The fourth-order valence-electron chi connectivity index (χ4n) is 1.98. The number of hydrogen-bond donors (Lipinski definition) is 0. The van der Waals surface area contributed by atoms with Gasteiger partial charge in [0.15, 0.2) is 0 Å². The zero-order valence-electron chi connectivity index (χ0n) is 12.8. The smallest absolute Gasteiger partial charge is 0.0889 e. The van der Waals surface area contributed by atoms with Gasteiger partial charge < -0.3 is 4.90 Å². The molecule has 0 bridgehead atoms. The second-order valence-corrected chi connectivity index (χ2v) is 5.26. The Balaban J connectivity index is 2.23. The van der Waals surface area contributed by atoms with Crippen LogP contribution < -0.4 is 4.90 Å². The predicted octanol–water partition coefficient (Wildman–Crippen LogP) is 5.09. The highest BCUT2D eigenvalue weighted by molar-refractivity contribution is 5.54. The van der Waals surface area contributed by atoms with E-state index in [2.05, 4.69) is 42.0 Å². The van der Waals surface area contributed by atoms with Crippen LogP contribution in [0, 0.1) is 20.8 Å². The quantitative estimate of drug-likeness (QED) is 0.711. The monoisotopic (exact) mass is 267 g/mol. The standard InChI is InChI=1S/C17H21N3/c1-12-6-11-17(14(3)13(12)2)19-18-15-7-9-16(10-8-15)20(4)5/h6-11H,1-5H3. The van der Waals surface area contributed by atoms with Gasteiger partial charge >= 0.3 is 0 Å². The minimum atomic E-state index is 0.869. The molecule has 20 heavy (non-hydrogen) atoms. The fourth-order valence-corrected chi connectivity index (χ4v) is 1.98. The Labute approximate surface area is 121 Å². The largest absolute Gasteiger partial charge is 0.378 e. The van der Waals surface area contributed by atoms with Crippen molar-refractivity contribution in [3.8, 4) is 0 Å². The van der Waals surface area contributed by atoms with Crippen molar-refractivity contribution < 1.29 is 0 Å². The molecule has 2 aromatic rings. The maximum Gasteiger partial charge on any atom is 0.0889 e. The van der Waals surface area contributed by atoms with Crippen molar-refractivity contribution in [2.45, 2.75) is 20.8 Å². The molecule has 0 saturated heterocycles. The first-order valence-electron chi connectivity index (χ1n) is 6.75. The first-order valence-corrected chi connectivity index (χ1v) is 6.75. The zero-order valence-corrected chi connectivity index (χ0v) is 12.8. The van der Waals surface area contributed by atoms with Crippen LogP contribution in [0.4, 0.5) is 17.1 Å². The molecule has 3 heteroatoms. The second-order valence-electron chi connectivity index (χ2n) is 5.26. The van der Waals surface area contributed by atoms with Crippen LogP contribution in [0.3, 0.4) is 0 Å². The highest BCUT2D eigenvalue weighted by Crippen LogP contribution is 2.26. The van der Waals surface area contributed by atoms with E-state index in [9.17, 15) is 0 Å². The van der Waals surface area contributed by atoms with Gasteiger partial charge in [0.25, 0.3) is 0 Å². The zero-order chi connectivity index (χ0) is 14.7. The molecule has 2 aromatic carbocycles. The third-order valence-electron chi connectivity index (χ3n) is 3.67. The molecule has 0 unspecified atom stereocenters. The Hall–Kier alpha value is -2.16. The number of anilines is 1. The van der Waals surface area contributed by atoms with Crippen molar-refractivity contribution in [1.29, 1.82) is 0 Å². The van der Waals surface area contributed by atoms with E-state index in [1.165, 1.54) is 16.7 Å². The van der Waals surface area contributed by atoms with Gasteiger partial charge in [-0.1, -0.05) is 6.07 Å². The topological polar surface area (TPSA) is 28.0 Å². The van der Waals surface area contributed by atoms with Crippen LogP contribution in [0.15, 0.2) is 46.6 Å². The third-order valence-corrected chi connectivity index (χ3v) is 3.67. The van der Waals surface area contributed by atoms with E-state index >= 15 is 0 Å². The van der Waals surface area contributed by atoms with Crippen LogP contribution in [0.1, 0.15) is 16.7 Å². The maximum absolute atomic E-state index is 4.36. The number of hydrogen-bond acceptors (Lipinski definition) is 3. The van der Waals surface area contributed by atoms with Gasteiger partial charge in [0.1, 0.15) is 0 Å². The molecule has 2 rings (SSSR count). The summed E-state index contributed by atoms with van der Waals surface area (Å²) in [4.78, 5) is 2.06. The summed E-state index contributed by atoms with van der Waals surface area (Å²) in [5.41, 5.74) is 6.73. The van der Waals surface area contributed by atoms with Crippen molar-refractivity contribution in [3.63, 3.8) is 0 Å². The maximum atomic E-state index is 4.36. The van der Waals surface area contributed by atoms with Gasteiger partial charge in [-0.3, -0.25) is 0 Å². The minimum absolute atomic E-state index is 0.869. The second kappa shape index (κ2) is 5.87. The van der Waals surface area contributed by atoms with Gasteiger partial charge in [-0.15, -0.1) is 0 Å². The normalized spacial score (nSPS) is 11.1. The predicted molar refractivity (Wildman–Crippen MR) is 85.6 cm³/mol. The Kier molecular flexibility index (Phi) is 4.18. The first kappa shape index (κ1) is 14.3. The Bertz CT molecular complexity index is 625. The van der Waals surface area contributed by atoms with E-state index in [0.29, 0.717) is 0 Å². The lowest BCUT2D eigenvalue weighted by atomic mass is 10.0. The van der Waals surface area contributed by atoms with E-state index in [0.717, 1.165) is 17.1 Å². The molecule has 0 aliphatic rings. The molecule has 0 amide bonds. The highest BCUT2D eigenvalue weighted by atomic mass is 15.1. The summed E-state index contributed by atoms with van der Waals surface area (Å²) in [6.45, 7) is 6.32. The van der Waals surface area contributed by atoms with E-state index in [1.807, 2.05) is 44.4 Å². The molecule has 0 N–H and O–H groups in total. The molecule has 0 heterocycles. The molecule has 0 fully saturated rings. The van der Waals surface area contributed by atoms with Crippen LogP contribution in [-0.4, -0.2) is 14.1 Å². The fraction of sp³-hybridized carbons (Fsp3) is 0.294. The molecule has 0 atom stereocenters. The van der Waals surface area contributed by atoms with Gasteiger partial charge in [0, 0.05) is 19.8 Å². The third kappa shape index (κ3) is 3.05. The summed E-state index contributed by atoms with van der Waals surface area (Å²) < 4.78 is 0. The molecule has 0 saturated carbocycles. The van der Waals surface area contributed by atoms with Crippen LogP contribution in [0.2, 0.25) is 0 Å². The van der Waals surface area contributed by atoms with E-state index in [-0.39, 0.29) is 0 Å². The molecule has 0 radical (unpaired) electrons. The lowest BCUT2D eigenvalue weighted by molar-refractivity contribution is 1.13. The van der Waals surface area contributed by atoms with Crippen molar-refractivity contribution in [2.75, 3.05) is 19.0 Å². The van der Waals surface area contributed by atoms with Gasteiger partial charge in [-0.2, -0.15) is 10.2 Å². The molecule has 0 aliphatic carbocycles. The van der Waals surface area contributed by atoms with Crippen LogP contribution in [0.5, 0.6) is 0 Å². The highest BCUT2D eigenvalue weighted by Gasteiger charge is 2.02. The molecule has 0 aliphatic heterocycles. The summed E-state index contributed by atoms with van der Waals surface area (Å²) in [6, 6.07) is 12.2. The Morgan fingerprint density at radius 1 is 0.750 bits per heavy atom. The number of azo groups is 1. The van der Waals surface area contributed by atoms with Gasteiger partial charge in [-0.25, -0.2) is 0 Å². The lowest BCUT2D eigenvalue weighted by Gasteiger charge is -2.11. The average molecular weight is 267 g/mol. The Morgan fingerprint density at radius 2 is 1.40 bits per heavy atom. The first-order chi connectivity index (χ1) is 9.49. The van der Waals surface area contributed by atoms with Crippen molar-refractivity contribution in [1.82, 2.24) is 0 Å². The van der Waals surface area contributed by atoms with E-state index < -0.39 is 0 Å². The number of nitrogens with zero attached hydrogens (tertiary/aromatic N) is 3.